The summed E-state index contributed by atoms with van der Waals surface area (Å²) in [5.74, 6) is -0.649. The lowest BCUT2D eigenvalue weighted by atomic mass is 9.99. The molecular weight excluding hydrogens is 280 g/mol. The average Bonchev–Trinajstić information content (AvgIpc) is 2.82. The van der Waals surface area contributed by atoms with E-state index in [-0.39, 0.29) is 12.4 Å². The van der Waals surface area contributed by atoms with E-state index in [1.807, 2.05) is 0 Å². The molecule has 0 aliphatic heterocycles. The van der Waals surface area contributed by atoms with Crippen LogP contribution < -0.4 is 0 Å². The summed E-state index contributed by atoms with van der Waals surface area (Å²) in [7, 11) is 0. The van der Waals surface area contributed by atoms with Crippen molar-refractivity contribution in [3.8, 4) is 0 Å². The molecule has 0 aliphatic rings. The van der Waals surface area contributed by atoms with Crippen LogP contribution in [0.4, 0.5) is 5.69 Å². The van der Waals surface area contributed by atoms with E-state index in [4.69, 9.17) is 11.3 Å². The number of carbonyl (C=O) groups is 2. The second kappa shape index (κ2) is 6.27. The molecule has 5 nitrogen and oxygen atoms in total. The number of benzene rings is 1. The van der Waals surface area contributed by atoms with Crippen LogP contribution in [0.5, 0.6) is 0 Å². The van der Waals surface area contributed by atoms with Crippen molar-refractivity contribution in [1.82, 2.24) is 4.98 Å². The van der Waals surface area contributed by atoms with Gasteiger partial charge in [0.15, 0.2) is 11.5 Å². The molecule has 0 saturated carbocycles. The van der Waals surface area contributed by atoms with Crippen molar-refractivity contribution < 1.29 is 14.3 Å². The normalized spacial score (nSPS) is 10.1. The molecule has 0 bridgehead atoms. The number of nitrogens with zero attached hydrogens (tertiary/aromatic N) is 1. The van der Waals surface area contributed by atoms with E-state index < -0.39 is 5.97 Å². The maximum absolute atomic E-state index is 12.6. The van der Waals surface area contributed by atoms with E-state index in [1.54, 1.807) is 45.0 Å². The van der Waals surface area contributed by atoms with Gasteiger partial charge in [0.25, 0.3) is 0 Å². The maximum Gasteiger partial charge on any atom is 0.355 e. The summed E-state index contributed by atoms with van der Waals surface area (Å²) in [6.07, 6.45) is 0. The van der Waals surface area contributed by atoms with Crippen molar-refractivity contribution in [3.63, 3.8) is 0 Å². The van der Waals surface area contributed by atoms with E-state index in [1.165, 1.54) is 0 Å². The summed E-state index contributed by atoms with van der Waals surface area (Å²) >= 11 is 0. The van der Waals surface area contributed by atoms with Crippen molar-refractivity contribution >= 4 is 17.4 Å². The van der Waals surface area contributed by atoms with E-state index in [9.17, 15) is 9.59 Å². The number of hydrogen-bond acceptors (Lipinski definition) is 3. The van der Waals surface area contributed by atoms with Crippen LogP contribution in [0, 0.1) is 20.4 Å². The lowest BCUT2D eigenvalue weighted by molar-refractivity contribution is 0.0519. The Kier molecular flexibility index (Phi) is 4.42. The van der Waals surface area contributed by atoms with Crippen molar-refractivity contribution in [2.24, 2.45) is 0 Å². The minimum absolute atomic E-state index is 0.182. The molecule has 0 aliphatic carbocycles. The molecule has 0 spiro atoms. The summed E-state index contributed by atoms with van der Waals surface area (Å²) in [6, 6.07) is 6.44. The largest absolute Gasteiger partial charge is 0.461 e. The first-order valence-electron chi connectivity index (χ1n) is 6.88. The van der Waals surface area contributed by atoms with Gasteiger partial charge in [-0.2, -0.15) is 0 Å². The molecule has 0 radical (unpaired) electrons. The fraction of sp³-hybridized carbons (Fsp3) is 0.235. The molecule has 112 valence electrons. The molecule has 5 heteroatoms. The molecule has 1 heterocycles. The highest BCUT2D eigenvalue weighted by atomic mass is 16.5. The summed E-state index contributed by atoms with van der Waals surface area (Å²) in [5, 5.41) is 0. The van der Waals surface area contributed by atoms with Crippen molar-refractivity contribution in [3.05, 3.63) is 63.8 Å². The number of aryl methyl sites for hydroxylation is 1. The Morgan fingerprint density at radius 1 is 1.23 bits per heavy atom. The Balaban J connectivity index is 2.41. The predicted molar refractivity (Wildman–Crippen MR) is 82.4 cm³/mol. The van der Waals surface area contributed by atoms with Crippen LogP contribution in [-0.4, -0.2) is 23.3 Å². The lowest BCUT2D eigenvalue weighted by Gasteiger charge is -2.03. The monoisotopic (exact) mass is 296 g/mol. The lowest BCUT2D eigenvalue weighted by Crippen LogP contribution is -2.08. The van der Waals surface area contributed by atoms with Crippen molar-refractivity contribution in [2.45, 2.75) is 20.8 Å². The van der Waals surface area contributed by atoms with E-state index in [0.29, 0.717) is 33.8 Å². The number of aromatic nitrogens is 1. The number of aromatic amines is 1. The number of carbonyl (C=O) groups excluding carboxylic acids is 2. The number of hydrogen-bond donors (Lipinski definition) is 1. The van der Waals surface area contributed by atoms with Gasteiger partial charge < -0.3 is 9.72 Å². The Bertz CT molecular complexity index is 764. The van der Waals surface area contributed by atoms with Crippen LogP contribution in [0.15, 0.2) is 24.3 Å². The Morgan fingerprint density at radius 3 is 2.41 bits per heavy atom. The van der Waals surface area contributed by atoms with E-state index in [2.05, 4.69) is 9.83 Å². The number of nitrogens with one attached hydrogen (secondary N) is 1. The molecule has 0 amide bonds. The first-order chi connectivity index (χ1) is 10.5. The highest BCUT2D eigenvalue weighted by molar-refractivity contribution is 6.12. The van der Waals surface area contributed by atoms with Gasteiger partial charge in [-0.25, -0.2) is 9.64 Å². The average molecular weight is 296 g/mol. The quantitative estimate of drug-likeness (QED) is 0.533. The SMILES string of the molecule is [C-]#[N+]c1ccc(C(=O)c2c(C)[nH]c(C(=O)OCC)c2C)cc1. The van der Waals surface area contributed by atoms with Crippen molar-refractivity contribution in [2.75, 3.05) is 6.61 Å². The van der Waals surface area contributed by atoms with Crippen LogP contribution in [0.25, 0.3) is 4.85 Å². The number of esters is 1. The summed E-state index contributed by atoms with van der Waals surface area (Å²) < 4.78 is 4.98. The minimum Gasteiger partial charge on any atom is -0.461 e. The van der Waals surface area contributed by atoms with Crippen LogP contribution in [-0.2, 0) is 4.74 Å². The number of H-pyrrole nitrogens is 1. The maximum atomic E-state index is 12.6. The molecule has 2 rings (SSSR count). The zero-order valence-electron chi connectivity index (χ0n) is 12.7. The Labute approximate surface area is 128 Å². The molecule has 0 unspecified atom stereocenters. The fourth-order valence-electron chi connectivity index (χ4n) is 2.33. The summed E-state index contributed by atoms with van der Waals surface area (Å²) in [5.41, 5.74) is 2.94. The predicted octanol–water partition coefficient (Wildman–Crippen LogP) is 3.59. The second-order valence-corrected chi connectivity index (χ2v) is 4.83. The third-order valence-corrected chi connectivity index (χ3v) is 3.40. The molecule has 1 N–H and O–H groups in total. The van der Waals surface area contributed by atoms with Gasteiger partial charge in [-0.1, -0.05) is 24.3 Å². The molecule has 1 aromatic carbocycles. The topological polar surface area (TPSA) is 63.5 Å². The molecule has 22 heavy (non-hydrogen) atoms. The minimum atomic E-state index is -0.467. The van der Waals surface area contributed by atoms with Crippen LogP contribution in [0.1, 0.15) is 44.6 Å². The molecule has 0 saturated heterocycles. The standard InChI is InChI=1S/C17H16N2O3/c1-5-22-17(21)15-10(2)14(11(3)19-15)16(20)12-6-8-13(18-4)9-7-12/h6-9,19H,5H2,1-3H3. The molecular formula is C17H16N2O3. The van der Waals surface area contributed by atoms with E-state index in [0.717, 1.165) is 0 Å². The van der Waals surface area contributed by atoms with Gasteiger partial charge >= 0.3 is 5.97 Å². The molecule has 0 fully saturated rings. The fourth-order valence-corrected chi connectivity index (χ4v) is 2.33. The Hall–Kier alpha value is -2.87. The van der Waals surface area contributed by atoms with Crippen molar-refractivity contribution in [1.29, 1.82) is 0 Å². The third kappa shape index (κ3) is 2.77. The third-order valence-electron chi connectivity index (χ3n) is 3.40. The first-order valence-corrected chi connectivity index (χ1v) is 6.88. The smallest absolute Gasteiger partial charge is 0.355 e. The first kappa shape index (κ1) is 15.5. The van der Waals surface area contributed by atoms with Gasteiger partial charge in [-0.15, -0.1) is 0 Å². The highest BCUT2D eigenvalue weighted by Gasteiger charge is 2.23. The van der Waals surface area contributed by atoms with Gasteiger partial charge in [0.2, 0.25) is 0 Å². The highest BCUT2D eigenvalue weighted by Crippen LogP contribution is 2.23. The second-order valence-electron chi connectivity index (χ2n) is 4.83. The molecule has 1 aromatic heterocycles. The van der Waals surface area contributed by atoms with Gasteiger partial charge in [0, 0.05) is 16.8 Å². The van der Waals surface area contributed by atoms with Gasteiger partial charge in [-0.05, 0) is 26.3 Å². The van der Waals surface area contributed by atoms with Gasteiger partial charge in [-0.3, -0.25) is 4.79 Å². The number of ketones is 1. The van der Waals surface area contributed by atoms with Crippen LogP contribution in [0.3, 0.4) is 0 Å². The van der Waals surface area contributed by atoms with Gasteiger partial charge in [0.1, 0.15) is 5.69 Å². The summed E-state index contributed by atoms with van der Waals surface area (Å²) in [4.78, 5) is 30.7. The van der Waals surface area contributed by atoms with Crippen LogP contribution >= 0.6 is 0 Å². The zero-order valence-corrected chi connectivity index (χ0v) is 12.7. The molecule has 0 atom stereocenters. The van der Waals surface area contributed by atoms with Gasteiger partial charge in [0.05, 0.1) is 13.2 Å². The summed E-state index contributed by atoms with van der Waals surface area (Å²) in [6.45, 7) is 12.4. The number of ether oxygens (including phenoxy) is 1. The van der Waals surface area contributed by atoms with Crippen LogP contribution in [0.2, 0.25) is 0 Å². The number of rotatable bonds is 4. The van der Waals surface area contributed by atoms with E-state index >= 15 is 0 Å². The zero-order chi connectivity index (χ0) is 16.3. The Morgan fingerprint density at radius 2 is 1.86 bits per heavy atom. The molecule has 2 aromatic rings.